The molecule has 3 aromatic heterocycles. The van der Waals surface area contributed by atoms with Gasteiger partial charge in [0.15, 0.2) is 23.2 Å². The molecule has 29 heavy (non-hydrogen) atoms. The fourth-order valence-corrected chi connectivity index (χ4v) is 3.36. The van der Waals surface area contributed by atoms with E-state index in [1.54, 1.807) is 18.4 Å². The summed E-state index contributed by atoms with van der Waals surface area (Å²) in [5.41, 5.74) is 0.731. The second-order valence-corrected chi connectivity index (χ2v) is 7.55. The summed E-state index contributed by atoms with van der Waals surface area (Å²) in [5.74, 6) is 1.13. The lowest BCUT2D eigenvalue weighted by atomic mass is 10.1. The van der Waals surface area contributed by atoms with Crippen LogP contribution in [0.1, 0.15) is 12.0 Å². The minimum Gasteiger partial charge on any atom is -0.467 e. The van der Waals surface area contributed by atoms with Crippen molar-refractivity contribution in [3.05, 3.63) is 36.8 Å². The SMILES string of the molecule is O=P(O)(O)OC[C@@H]1O[C@H](n2cnc3c(NCc4ccco4)ncnc32)[C@H](O)[C@@H]1O. The van der Waals surface area contributed by atoms with Crippen LogP contribution in [0.5, 0.6) is 0 Å². The van der Waals surface area contributed by atoms with Gasteiger partial charge in [-0.15, -0.1) is 0 Å². The molecule has 14 heteroatoms. The number of hydrogen-bond acceptors (Lipinski definition) is 10. The molecule has 0 amide bonds. The van der Waals surface area contributed by atoms with Crippen molar-refractivity contribution in [2.75, 3.05) is 11.9 Å². The fraction of sp³-hybridized carbons (Fsp3) is 0.400. The Hall–Kier alpha value is -2.38. The number of fused-ring (bicyclic) bond motifs is 1. The smallest absolute Gasteiger partial charge is 0.467 e. The van der Waals surface area contributed by atoms with Gasteiger partial charge in [0.05, 0.1) is 25.7 Å². The van der Waals surface area contributed by atoms with E-state index in [1.165, 1.54) is 17.2 Å². The van der Waals surface area contributed by atoms with Crippen LogP contribution in [0.25, 0.3) is 11.2 Å². The number of phosphoric ester groups is 1. The van der Waals surface area contributed by atoms with Crippen LogP contribution in [-0.4, -0.2) is 64.4 Å². The molecule has 3 aromatic rings. The average Bonchev–Trinajstić information content (AvgIpc) is 3.39. The van der Waals surface area contributed by atoms with Crippen molar-refractivity contribution in [3.8, 4) is 0 Å². The number of ether oxygens (including phenoxy) is 1. The lowest BCUT2D eigenvalue weighted by molar-refractivity contribution is -0.0504. The molecule has 5 N–H and O–H groups in total. The highest BCUT2D eigenvalue weighted by atomic mass is 31.2. The van der Waals surface area contributed by atoms with Crippen LogP contribution in [-0.2, 0) is 20.4 Å². The van der Waals surface area contributed by atoms with Gasteiger partial charge < -0.3 is 34.5 Å². The van der Waals surface area contributed by atoms with Crippen LogP contribution in [0, 0.1) is 0 Å². The highest BCUT2D eigenvalue weighted by Crippen LogP contribution is 2.38. The van der Waals surface area contributed by atoms with Gasteiger partial charge >= 0.3 is 7.82 Å². The third kappa shape index (κ3) is 4.16. The van der Waals surface area contributed by atoms with Crippen LogP contribution >= 0.6 is 7.82 Å². The molecule has 1 fully saturated rings. The third-order valence-electron chi connectivity index (χ3n) is 4.39. The number of rotatable bonds is 7. The molecule has 0 bridgehead atoms. The van der Waals surface area contributed by atoms with E-state index in [9.17, 15) is 14.8 Å². The molecule has 4 rings (SSSR count). The van der Waals surface area contributed by atoms with Gasteiger partial charge in [0.1, 0.15) is 30.4 Å². The number of phosphoric acid groups is 1. The first kappa shape index (κ1) is 19.9. The van der Waals surface area contributed by atoms with Crippen molar-refractivity contribution < 1.29 is 38.2 Å². The monoisotopic (exact) mass is 427 g/mol. The Kier molecular flexibility index (Phi) is 5.36. The van der Waals surface area contributed by atoms with Crippen molar-refractivity contribution >= 4 is 24.8 Å². The van der Waals surface area contributed by atoms with Gasteiger partial charge in [0.2, 0.25) is 0 Å². The highest BCUT2D eigenvalue weighted by Gasteiger charge is 2.45. The zero-order chi connectivity index (χ0) is 20.6. The maximum atomic E-state index is 10.9. The predicted molar refractivity (Wildman–Crippen MR) is 95.3 cm³/mol. The van der Waals surface area contributed by atoms with E-state index in [4.69, 9.17) is 18.9 Å². The van der Waals surface area contributed by atoms with E-state index < -0.39 is 39.0 Å². The second-order valence-electron chi connectivity index (χ2n) is 6.31. The van der Waals surface area contributed by atoms with Gasteiger partial charge in [0.25, 0.3) is 0 Å². The molecule has 0 unspecified atom stereocenters. The standard InChI is InChI=1S/C15H18N5O8P/c21-11-9(5-27-29(23,24)25)28-15(12(11)22)20-7-19-10-13(17-6-18-14(10)20)16-4-8-2-1-3-26-8/h1-3,6-7,9,11-12,15,21-22H,4-5H2,(H,16,17,18)(H2,23,24,25)/t9-,11+,12+,15-/m0/s1. The Morgan fingerprint density at radius 2 is 2.07 bits per heavy atom. The molecular formula is C15H18N5O8P. The minimum atomic E-state index is -4.75. The molecule has 1 aliphatic rings. The third-order valence-corrected chi connectivity index (χ3v) is 4.87. The Balaban J connectivity index is 1.54. The van der Waals surface area contributed by atoms with E-state index in [1.807, 2.05) is 0 Å². The molecule has 1 aliphatic heterocycles. The van der Waals surface area contributed by atoms with Crippen LogP contribution < -0.4 is 5.32 Å². The van der Waals surface area contributed by atoms with Crippen molar-refractivity contribution in [1.29, 1.82) is 0 Å². The summed E-state index contributed by atoms with van der Waals surface area (Å²) in [6.45, 7) is -0.231. The lowest BCUT2D eigenvalue weighted by Crippen LogP contribution is -2.33. The molecule has 4 heterocycles. The largest absolute Gasteiger partial charge is 0.469 e. The Morgan fingerprint density at radius 3 is 2.79 bits per heavy atom. The molecule has 0 aromatic carbocycles. The first-order chi connectivity index (χ1) is 13.8. The lowest BCUT2D eigenvalue weighted by Gasteiger charge is -2.16. The number of furan rings is 1. The van der Waals surface area contributed by atoms with Gasteiger partial charge in [-0.25, -0.2) is 19.5 Å². The predicted octanol–water partition coefficient (Wildman–Crippen LogP) is -0.240. The number of anilines is 1. The molecule has 0 spiro atoms. The number of aromatic nitrogens is 4. The Labute approximate surface area is 163 Å². The first-order valence-electron chi connectivity index (χ1n) is 8.49. The number of nitrogens with zero attached hydrogens (tertiary/aromatic N) is 4. The van der Waals surface area contributed by atoms with E-state index in [2.05, 4.69) is 24.8 Å². The molecule has 1 saturated heterocycles. The minimum absolute atomic E-state index is 0.328. The normalized spacial score (nSPS) is 25.0. The summed E-state index contributed by atoms with van der Waals surface area (Å²) in [7, 11) is -4.75. The average molecular weight is 427 g/mol. The van der Waals surface area contributed by atoms with E-state index in [0.29, 0.717) is 29.3 Å². The topological polar surface area (TPSA) is 185 Å². The van der Waals surface area contributed by atoms with E-state index in [0.717, 1.165) is 0 Å². The molecular weight excluding hydrogens is 409 g/mol. The second kappa shape index (κ2) is 7.80. The molecule has 0 radical (unpaired) electrons. The highest BCUT2D eigenvalue weighted by molar-refractivity contribution is 7.46. The molecule has 0 saturated carbocycles. The van der Waals surface area contributed by atoms with Gasteiger partial charge in [-0.1, -0.05) is 0 Å². The van der Waals surface area contributed by atoms with Crippen molar-refractivity contribution in [3.63, 3.8) is 0 Å². The Bertz CT molecular complexity index is 1020. The number of hydrogen-bond donors (Lipinski definition) is 5. The van der Waals surface area contributed by atoms with Crippen LogP contribution in [0.3, 0.4) is 0 Å². The van der Waals surface area contributed by atoms with Crippen molar-refractivity contribution in [2.24, 2.45) is 0 Å². The van der Waals surface area contributed by atoms with Crippen LogP contribution in [0.15, 0.2) is 35.5 Å². The summed E-state index contributed by atoms with van der Waals surface area (Å²) >= 11 is 0. The molecule has 4 atom stereocenters. The zero-order valence-corrected chi connectivity index (χ0v) is 15.7. The van der Waals surface area contributed by atoms with Gasteiger partial charge in [-0.2, -0.15) is 0 Å². The molecule has 156 valence electrons. The summed E-state index contributed by atoms with van der Waals surface area (Å²) in [4.78, 5) is 30.2. The molecule has 0 aliphatic carbocycles. The maximum Gasteiger partial charge on any atom is 0.469 e. The Morgan fingerprint density at radius 1 is 1.24 bits per heavy atom. The van der Waals surface area contributed by atoms with Gasteiger partial charge in [0, 0.05) is 0 Å². The molecule has 13 nitrogen and oxygen atoms in total. The van der Waals surface area contributed by atoms with Gasteiger partial charge in [-0.05, 0) is 12.1 Å². The quantitative estimate of drug-likeness (QED) is 0.312. The number of aliphatic hydroxyl groups excluding tert-OH is 2. The van der Waals surface area contributed by atoms with E-state index >= 15 is 0 Å². The van der Waals surface area contributed by atoms with Gasteiger partial charge in [-0.3, -0.25) is 9.09 Å². The summed E-state index contributed by atoms with van der Waals surface area (Å²) < 4.78 is 27.5. The summed E-state index contributed by atoms with van der Waals surface area (Å²) in [6.07, 6.45) is -0.847. The maximum absolute atomic E-state index is 10.9. The van der Waals surface area contributed by atoms with Crippen LogP contribution in [0.4, 0.5) is 5.82 Å². The van der Waals surface area contributed by atoms with E-state index in [-0.39, 0.29) is 0 Å². The summed E-state index contributed by atoms with van der Waals surface area (Å²) in [6, 6.07) is 3.56. The van der Waals surface area contributed by atoms with Crippen molar-refractivity contribution in [2.45, 2.75) is 31.1 Å². The number of imidazole rings is 1. The summed E-state index contributed by atoms with van der Waals surface area (Å²) in [5, 5.41) is 23.6. The van der Waals surface area contributed by atoms with Crippen LogP contribution in [0.2, 0.25) is 0 Å². The van der Waals surface area contributed by atoms with Crippen molar-refractivity contribution in [1.82, 2.24) is 19.5 Å². The zero-order valence-electron chi connectivity index (χ0n) is 14.8. The fourth-order valence-electron chi connectivity index (χ4n) is 3.02. The first-order valence-corrected chi connectivity index (χ1v) is 10.0. The number of aliphatic hydroxyl groups is 2. The number of nitrogens with one attached hydrogen (secondary N) is 1.